The van der Waals surface area contributed by atoms with Gasteiger partial charge >= 0.3 is 12.2 Å². The van der Waals surface area contributed by atoms with Gasteiger partial charge in [-0.25, -0.2) is 4.79 Å². The number of anilines is 1. The minimum Gasteiger partial charge on any atom is -0.344 e. The average Bonchev–Trinajstić information content (AvgIpc) is 2.81. The first kappa shape index (κ1) is 28.5. The monoisotopic (exact) mass is 498 g/mol. The van der Waals surface area contributed by atoms with E-state index in [1.165, 1.54) is 17.0 Å². The molecule has 1 aromatic rings. The Morgan fingerprint density at radius 3 is 2.46 bits per heavy atom. The average molecular weight is 499 g/mol. The van der Waals surface area contributed by atoms with Gasteiger partial charge in [0.15, 0.2) is 0 Å². The van der Waals surface area contributed by atoms with Gasteiger partial charge in [0.2, 0.25) is 11.8 Å². The van der Waals surface area contributed by atoms with Crippen LogP contribution in [0.5, 0.6) is 0 Å². The molecule has 35 heavy (non-hydrogen) atoms. The number of nitrogens with one attached hydrogen (secondary N) is 2. The third-order valence-electron chi connectivity index (χ3n) is 6.44. The molecule has 1 aliphatic rings. The van der Waals surface area contributed by atoms with Gasteiger partial charge in [0.05, 0.1) is 5.56 Å². The van der Waals surface area contributed by atoms with Crippen LogP contribution in [0.2, 0.25) is 0 Å². The first-order chi connectivity index (χ1) is 16.5. The highest BCUT2D eigenvalue weighted by atomic mass is 19.4. The summed E-state index contributed by atoms with van der Waals surface area (Å²) in [6, 6.07) is 2.97. The number of urea groups is 1. The molecule has 1 aromatic carbocycles. The van der Waals surface area contributed by atoms with Crippen molar-refractivity contribution < 1.29 is 27.6 Å². The lowest BCUT2D eigenvalue weighted by Crippen LogP contribution is -2.60. The number of amides is 4. The molecule has 0 aliphatic carbocycles. The Hall–Kier alpha value is -2.78. The van der Waals surface area contributed by atoms with E-state index in [0.29, 0.717) is 6.42 Å². The maximum Gasteiger partial charge on any atom is 0.416 e. The number of carbonyl (C=O) groups is 3. The quantitative estimate of drug-likeness (QED) is 0.476. The van der Waals surface area contributed by atoms with Crippen LogP contribution in [0.1, 0.15) is 65.4 Å². The molecular formula is C25H37F3N4O3. The third kappa shape index (κ3) is 8.14. The second-order valence-electron chi connectivity index (χ2n) is 9.22. The highest BCUT2D eigenvalue weighted by molar-refractivity contribution is 5.90. The van der Waals surface area contributed by atoms with Crippen LogP contribution in [0.15, 0.2) is 24.3 Å². The number of benzene rings is 1. The Morgan fingerprint density at radius 1 is 1.14 bits per heavy atom. The van der Waals surface area contributed by atoms with E-state index in [2.05, 4.69) is 17.6 Å². The van der Waals surface area contributed by atoms with Crippen LogP contribution in [-0.4, -0.2) is 59.4 Å². The van der Waals surface area contributed by atoms with Crippen molar-refractivity contribution in [2.45, 2.75) is 78.1 Å². The van der Waals surface area contributed by atoms with Crippen molar-refractivity contribution in [3.05, 3.63) is 29.8 Å². The molecule has 0 radical (unpaired) electrons. The zero-order valence-electron chi connectivity index (χ0n) is 21.0. The number of piperazine rings is 1. The zero-order valence-corrected chi connectivity index (χ0v) is 21.0. The van der Waals surface area contributed by atoms with Gasteiger partial charge in [0.1, 0.15) is 6.04 Å². The highest BCUT2D eigenvalue weighted by Gasteiger charge is 2.35. The first-order valence-corrected chi connectivity index (χ1v) is 12.3. The van der Waals surface area contributed by atoms with Crippen LogP contribution < -0.4 is 10.6 Å². The number of unbranched alkanes of at least 4 members (excludes halogenated alkanes) is 2. The maximum atomic E-state index is 13.3. The van der Waals surface area contributed by atoms with Gasteiger partial charge in [0, 0.05) is 37.8 Å². The fourth-order valence-corrected chi connectivity index (χ4v) is 4.09. The predicted molar refractivity (Wildman–Crippen MR) is 129 cm³/mol. The van der Waals surface area contributed by atoms with Crippen LogP contribution in [0.4, 0.5) is 23.7 Å². The minimum atomic E-state index is -4.50. The lowest BCUT2D eigenvalue weighted by Gasteiger charge is -2.41. The Labute approximate surface area is 205 Å². The summed E-state index contributed by atoms with van der Waals surface area (Å²) < 4.78 is 38.9. The van der Waals surface area contributed by atoms with Crippen molar-refractivity contribution in [1.82, 2.24) is 15.1 Å². The molecule has 4 amide bonds. The van der Waals surface area contributed by atoms with E-state index < -0.39 is 23.8 Å². The molecule has 10 heteroatoms. The summed E-state index contributed by atoms with van der Waals surface area (Å²) in [6.07, 6.45) is -0.658. The summed E-state index contributed by atoms with van der Waals surface area (Å²) in [4.78, 5) is 41.6. The molecule has 2 N–H and O–H groups in total. The van der Waals surface area contributed by atoms with E-state index in [1.54, 1.807) is 11.8 Å². The molecule has 3 unspecified atom stereocenters. The standard InChI is InChI=1S/C25H37F3N4O3/c1-5-7-8-12-21(33)30-22(17(3)6-2)23(34)31-13-14-32(18(4)16-31)24(35)29-20-11-9-10-19(15-20)25(26,27)28/h9-11,15,17-18,22H,5-8,12-14,16H2,1-4H3,(H,29,35)(H,30,33). The van der Waals surface area contributed by atoms with Crippen molar-refractivity contribution in [2.75, 3.05) is 25.0 Å². The summed E-state index contributed by atoms with van der Waals surface area (Å²) >= 11 is 0. The molecule has 1 heterocycles. The van der Waals surface area contributed by atoms with Crippen LogP contribution in [-0.2, 0) is 15.8 Å². The van der Waals surface area contributed by atoms with Crippen molar-refractivity contribution in [1.29, 1.82) is 0 Å². The van der Waals surface area contributed by atoms with E-state index in [-0.39, 0.29) is 49.1 Å². The van der Waals surface area contributed by atoms with Gasteiger partial charge in [-0.1, -0.05) is 46.1 Å². The lowest BCUT2D eigenvalue weighted by atomic mass is 9.96. The summed E-state index contributed by atoms with van der Waals surface area (Å²) in [6.45, 7) is 8.52. The number of alkyl halides is 3. The van der Waals surface area contributed by atoms with Crippen LogP contribution in [0, 0.1) is 5.92 Å². The lowest BCUT2D eigenvalue weighted by molar-refractivity contribution is -0.140. The largest absolute Gasteiger partial charge is 0.416 e. The predicted octanol–water partition coefficient (Wildman–Crippen LogP) is 4.88. The number of hydrogen-bond donors (Lipinski definition) is 2. The van der Waals surface area contributed by atoms with Crippen LogP contribution >= 0.6 is 0 Å². The minimum absolute atomic E-state index is 0.0461. The number of hydrogen-bond acceptors (Lipinski definition) is 3. The Morgan fingerprint density at radius 2 is 1.86 bits per heavy atom. The first-order valence-electron chi connectivity index (χ1n) is 12.3. The molecule has 1 aliphatic heterocycles. The summed E-state index contributed by atoms with van der Waals surface area (Å²) in [5.41, 5.74) is -0.787. The number of carbonyl (C=O) groups excluding carboxylic acids is 3. The Kier molecular flexibility index (Phi) is 10.4. The summed E-state index contributed by atoms with van der Waals surface area (Å²) in [5.74, 6) is -0.354. The molecule has 1 fully saturated rings. The van der Waals surface area contributed by atoms with E-state index in [4.69, 9.17) is 0 Å². The number of nitrogens with zero attached hydrogens (tertiary/aromatic N) is 2. The number of halogens is 3. The Bertz CT molecular complexity index is 878. The van der Waals surface area contributed by atoms with E-state index >= 15 is 0 Å². The topological polar surface area (TPSA) is 81.8 Å². The van der Waals surface area contributed by atoms with Gasteiger partial charge in [-0.2, -0.15) is 13.2 Å². The van der Waals surface area contributed by atoms with E-state index in [0.717, 1.165) is 37.8 Å². The molecule has 2 rings (SSSR count). The molecule has 0 saturated carbocycles. The fourth-order valence-electron chi connectivity index (χ4n) is 4.09. The molecule has 0 bridgehead atoms. The normalized spacial score (nSPS) is 18.1. The molecule has 1 saturated heterocycles. The fraction of sp³-hybridized carbons (Fsp3) is 0.640. The van der Waals surface area contributed by atoms with Crippen molar-refractivity contribution in [3.63, 3.8) is 0 Å². The van der Waals surface area contributed by atoms with E-state index in [1.807, 2.05) is 13.8 Å². The van der Waals surface area contributed by atoms with Gasteiger partial charge in [-0.3, -0.25) is 9.59 Å². The summed E-state index contributed by atoms with van der Waals surface area (Å²) in [5, 5.41) is 5.43. The second kappa shape index (κ2) is 12.8. The smallest absolute Gasteiger partial charge is 0.344 e. The molecule has 0 spiro atoms. The van der Waals surface area contributed by atoms with Crippen LogP contribution in [0.3, 0.4) is 0 Å². The van der Waals surface area contributed by atoms with Crippen LogP contribution in [0.25, 0.3) is 0 Å². The third-order valence-corrected chi connectivity index (χ3v) is 6.44. The molecular weight excluding hydrogens is 461 g/mol. The highest BCUT2D eigenvalue weighted by Crippen LogP contribution is 2.30. The van der Waals surface area contributed by atoms with E-state index in [9.17, 15) is 27.6 Å². The molecule has 3 atom stereocenters. The van der Waals surface area contributed by atoms with Crippen molar-refractivity contribution >= 4 is 23.5 Å². The maximum absolute atomic E-state index is 13.3. The van der Waals surface area contributed by atoms with Gasteiger partial charge in [-0.05, 0) is 37.5 Å². The van der Waals surface area contributed by atoms with Gasteiger partial charge in [-0.15, -0.1) is 0 Å². The Balaban J connectivity index is 2.00. The van der Waals surface area contributed by atoms with Gasteiger partial charge in [0.25, 0.3) is 0 Å². The summed E-state index contributed by atoms with van der Waals surface area (Å²) in [7, 11) is 0. The number of rotatable bonds is 9. The second-order valence-corrected chi connectivity index (χ2v) is 9.22. The molecule has 196 valence electrons. The molecule has 0 aromatic heterocycles. The van der Waals surface area contributed by atoms with Crippen molar-refractivity contribution in [3.8, 4) is 0 Å². The van der Waals surface area contributed by atoms with Crippen molar-refractivity contribution in [2.24, 2.45) is 5.92 Å². The van der Waals surface area contributed by atoms with Gasteiger partial charge < -0.3 is 20.4 Å². The molecule has 7 nitrogen and oxygen atoms in total. The SMILES string of the molecule is CCCCCC(=O)NC(C(=O)N1CCN(C(=O)Nc2cccc(C(F)(F)F)c2)C(C)C1)C(C)CC. The zero-order chi connectivity index (χ0) is 26.2.